The van der Waals surface area contributed by atoms with E-state index in [1.165, 1.54) is 5.56 Å². The van der Waals surface area contributed by atoms with Crippen LogP contribution in [0.25, 0.3) is 0 Å². The number of carbonyl (C=O) groups excluding carboxylic acids is 1. The van der Waals surface area contributed by atoms with Crippen LogP contribution in [0.1, 0.15) is 41.5 Å². The first-order valence-electron chi connectivity index (χ1n) is 8.37. The third-order valence-electron chi connectivity index (χ3n) is 3.86. The van der Waals surface area contributed by atoms with Crippen LogP contribution < -0.4 is 5.32 Å². The molecule has 6 heteroatoms. The van der Waals surface area contributed by atoms with Gasteiger partial charge in [0, 0.05) is 31.1 Å². The van der Waals surface area contributed by atoms with E-state index in [1.807, 2.05) is 28.8 Å². The molecule has 0 radical (unpaired) electrons. The molecule has 1 amide bonds. The highest BCUT2D eigenvalue weighted by Gasteiger charge is 2.09. The van der Waals surface area contributed by atoms with Crippen molar-refractivity contribution in [1.29, 1.82) is 0 Å². The highest BCUT2D eigenvalue weighted by atomic mass is 16.1. The summed E-state index contributed by atoms with van der Waals surface area (Å²) in [6.07, 6.45) is 2.70. The number of carbonyl (C=O) groups is 1. The number of hydrogen-bond donors (Lipinski definition) is 1. The standard InChI is InChI=1S/C18H27N5O/c1-14(2)17-21-20-13-23(17)12-10-19-18(24)16-7-5-15(6-8-16)9-11-22(3)4/h5-8,13-14H,9-12H2,1-4H3,(H,19,24). The zero-order chi connectivity index (χ0) is 17.5. The predicted octanol–water partition coefficient (Wildman–Crippen LogP) is 1.94. The second-order valence-electron chi connectivity index (χ2n) is 6.54. The minimum absolute atomic E-state index is 0.0478. The molecule has 0 atom stereocenters. The van der Waals surface area contributed by atoms with Crippen LogP contribution in [0.3, 0.4) is 0 Å². The number of amides is 1. The minimum Gasteiger partial charge on any atom is -0.350 e. The molecular formula is C18H27N5O. The van der Waals surface area contributed by atoms with Gasteiger partial charge < -0.3 is 14.8 Å². The van der Waals surface area contributed by atoms with Gasteiger partial charge in [-0.1, -0.05) is 26.0 Å². The zero-order valence-corrected chi connectivity index (χ0v) is 15.0. The monoisotopic (exact) mass is 329 g/mol. The fraction of sp³-hybridized carbons (Fsp3) is 0.500. The topological polar surface area (TPSA) is 63.1 Å². The molecule has 2 aromatic rings. The van der Waals surface area contributed by atoms with Crippen LogP contribution >= 0.6 is 0 Å². The number of rotatable bonds is 8. The molecule has 0 fully saturated rings. The molecule has 0 aliphatic carbocycles. The first-order valence-corrected chi connectivity index (χ1v) is 8.37. The molecule has 130 valence electrons. The van der Waals surface area contributed by atoms with E-state index in [0.717, 1.165) is 18.8 Å². The van der Waals surface area contributed by atoms with E-state index in [0.29, 0.717) is 24.6 Å². The Morgan fingerprint density at radius 2 is 1.96 bits per heavy atom. The van der Waals surface area contributed by atoms with Crippen LogP contribution in [-0.4, -0.2) is 52.8 Å². The third-order valence-corrected chi connectivity index (χ3v) is 3.86. The summed E-state index contributed by atoms with van der Waals surface area (Å²) in [5.41, 5.74) is 1.93. The lowest BCUT2D eigenvalue weighted by atomic mass is 10.1. The SMILES string of the molecule is CC(C)c1nncn1CCNC(=O)c1ccc(CCN(C)C)cc1. The second kappa shape index (κ2) is 8.59. The van der Waals surface area contributed by atoms with Crippen molar-refractivity contribution < 1.29 is 4.79 Å². The summed E-state index contributed by atoms with van der Waals surface area (Å²) in [7, 11) is 4.12. The summed E-state index contributed by atoms with van der Waals surface area (Å²) >= 11 is 0. The highest BCUT2D eigenvalue weighted by molar-refractivity contribution is 5.94. The summed E-state index contributed by atoms with van der Waals surface area (Å²) in [5, 5.41) is 11.0. The van der Waals surface area contributed by atoms with Gasteiger partial charge >= 0.3 is 0 Å². The average molecular weight is 329 g/mol. The van der Waals surface area contributed by atoms with E-state index >= 15 is 0 Å². The van der Waals surface area contributed by atoms with Crippen molar-refractivity contribution in [3.8, 4) is 0 Å². The maximum absolute atomic E-state index is 12.2. The fourth-order valence-electron chi connectivity index (χ4n) is 2.45. The molecule has 0 aliphatic heterocycles. The Kier molecular flexibility index (Phi) is 6.49. The minimum atomic E-state index is -0.0478. The fourth-order valence-corrected chi connectivity index (χ4v) is 2.45. The van der Waals surface area contributed by atoms with Gasteiger partial charge in [-0.3, -0.25) is 4.79 Å². The number of benzene rings is 1. The molecular weight excluding hydrogens is 302 g/mol. The van der Waals surface area contributed by atoms with Crippen LogP contribution in [-0.2, 0) is 13.0 Å². The van der Waals surface area contributed by atoms with Gasteiger partial charge in [-0.05, 0) is 38.2 Å². The smallest absolute Gasteiger partial charge is 0.251 e. The van der Waals surface area contributed by atoms with Gasteiger partial charge in [-0.2, -0.15) is 0 Å². The Hall–Kier alpha value is -2.21. The summed E-state index contributed by atoms with van der Waals surface area (Å²) < 4.78 is 1.98. The molecule has 24 heavy (non-hydrogen) atoms. The molecule has 0 bridgehead atoms. The number of hydrogen-bond acceptors (Lipinski definition) is 4. The molecule has 1 aromatic heterocycles. The summed E-state index contributed by atoms with van der Waals surface area (Å²) in [6.45, 7) is 6.39. The Balaban J connectivity index is 1.83. The molecule has 0 spiro atoms. The van der Waals surface area contributed by atoms with E-state index in [4.69, 9.17) is 0 Å². The van der Waals surface area contributed by atoms with Crippen molar-refractivity contribution in [2.24, 2.45) is 0 Å². The van der Waals surface area contributed by atoms with Gasteiger partial charge in [0.1, 0.15) is 12.2 Å². The Morgan fingerprint density at radius 1 is 1.25 bits per heavy atom. The molecule has 0 saturated heterocycles. The van der Waals surface area contributed by atoms with E-state index in [9.17, 15) is 4.79 Å². The van der Waals surface area contributed by atoms with E-state index in [-0.39, 0.29) is 5.91 Å². The van der Waals surface area contributed by atoms with Crippen LogP contribution in [0.15, 0.2) is 30.6 Å². The van der Waals surface area contributed by atoms with Crippen molar-refractivity contribution in [3.05, 3.63) is 47.5 Å². The summed E-state index contributed by atoms with van der Waals surface area (Å²) in [5.74, 6) is 1.21. The molecule has 0 saturated carbocycles. The van der Waals surface area contributed by atoms with E-state index in [2.05, 4.69) is 48.4 Å². The molecule has 0 unspecified atom stereocenters. The van der Waals surface area contributed by atoms with Crippen molar-refractivity contribution >= 4 is 5.91 Å². The van der Waals surface area contributed by atoms with E-state index < -0.39 is 0 Å². The van der Waals surface area contributed by atoms with Crippen molar-refractivity contribution in [2.45, 2.75) is 32.7 Å². The van der Waals surface area contributed by atoms with Gasteiger partial charge in [0.2, 0.25) is 0 Å². The largest absolute Gasteiger partial charge is 0.350 e. The lowest BCUT2D eigenvalue weighted by molar-refractivity contribution is 0.0952. The Morgan fingerprint density at radius 3 is 2.58 bits per heavy atom. The van der Waals surface area contributed by atoms with Gasteiger partial charge in [-0.15, -0.1) is 10.2 Å². The number of nitrogens with zero attached hydrogens (tertiary/aromatic N) is 4. The third kappa shape index (κ3) is 5.16. The second-order valence-corrected chi connectivity index (χ2v) is 6.54. The van der Waals surface area contributed by atoms with Crippen LogP contribution in [0.5, 0.6) is 0 Å². The van der Waals surface area contributed by atoms with Gasteiger partial charge in [0.25, 0.3) is 5.91 Å². The first-order chi connectivity index (χ1) is 11.5. The quantitative estimate of drug-likeness (QED) is 0.804. The number of nitrogens with one attached hydrogen (secondary N) is 1. The normalized spacial score (nSPS) is 11.2. The van der Waals surface area contributed by atoms with Crippen LogP contribution in [0, 0.1) is 0 Å². The summed E-state index contributed by atoms with van der Waals surface area (Å²) in [4.78, 5) is 14.4. The van der Waals surface area contributed by atoms with Crippen molar-refractivity contribution in [1.82, 2.24) is 25.0 Å². The zero-order valence-electron chi connectivity index (χ0n) is 15.0. The maximum Gasteiger partial charge on any atom is 0.251 e. The maximum atomic E-state index is 12.2. The van der Waals surface area contributed by atoms with Crippen molar-refractivity contribution in [2.75, 3.05) is 27.2 Å². The van der Waals surface area contributed by atoms with Gasteiger partial charge in [0.05, 0.1) is 0 Å². The highest BCUT2D eigenvalue weighted by Crippen LogP contribution is 2.10. The van der Waals surface area contributed by atoms with Gasteiger partial charge in [-0.25, -0.2) is 0 Å². The van der Waals surface area contributed by atoms with Crippen molar-refractivity contribution in [3.63, 3.8) is 0 Å². The lowest BCUT2D eigenvalue weighted by Gasteiger charge is -2.11. The average Bonchev–Trinajstić information content (AvgIpc) is 3.02. The number of aromatic nitrogens is 3. The summed E-state index contributed by atoms with van der Waals surface area (Å²) in [6, 6.07) is 7.82. The van der Waals surface area contributed by atoms with Gasteiger partial charge in [0.15, 0.2) is 0 Å². The molecule has 1 heterocycles. The predicted molar refractivity (Wildman–Crippen MR) is 95.1 cm³/mol. The molecule has 0 aliphatic rings. The molecule has 1 N–H and O–H groups in total. The number of likely N-dealkylation sites (N-methyl/N-ethyl adjacent to an activating group) is 1. The molecule has 1 aromatic carbocycles. The molecule has 6 nitrogen and oxygen atoms in total. The lowest BCUT2D eigenvalue weighted by Crippen LogP contribution is -2.27. The molecule has 2 rings (SSSR count). The Bertz CT molecular complexity index is 646. The van der Waals surface area contributed by atoms with Crippen LogP contribution in [0.4, 0.5) is 0 Å². The Labute approximate surface area is 143 Å². The van der Waals surface area contributed by atoms with E-state index in [1.54, 1.807) is 6.33 Å². The van der Waals surface area contributed by atoms with Crippen LogP contribution in [0.2, 0.25) is 0 Å². The first kappa shape index (κ1) is 18.1.